The largest absolute Gasteiger partial charge is 0.349 e. The van der Waals surface area contributed by atoms with Gasteiger partial charge in [-0.05, 0) is 12.1 Å². The van der Waals surface area contributed by atoms with Crippen LogP contribution in [0, 0.1) is 0 Å². The maximum absolute atomic E-state index is 4.53. The van der Waals surface area contributed by atoms with Crippen molar-refractivity contribution in [3.05, 3.63) is 42.5 Å². The van der Waals surface area contributed by atoms with Gasteiger partial charge in [0.15, 0.2) is 11.8 Å². The third-order valence-corrected chi connectivity index (χ3v) is 2.72. The van der Waals surface area contributed by atoms with Crippen molar-refractivity contribution in [1.29, 1.82) is 0 Å². The van der Waals surface area contributed by atoms with Gasteiger partial charge in [-0.15, -0.1) is 5.10 Å². The van der Waals surface area contributed by atoms with Crippen LogP contribution in [0.25, 0.3) is 5.69 Å². The number of rotatable bonds is 3. The third kappa shape index (κ3) is 3.34. The smallest absolute Gasteiger partial charge is 0.195 e. The van der Waals surface area contributed by atoms with Crippen molar-refractivity contribution in [2.24, 2.45) is 4.99 Å². The van der Waals surface area contributed by atoms with Crippen LogP contribution in [0.3, 0.4) is 0 Å². The molecule has 0 aliphatic heterocycles. The zero-order valence-electron chi connectivity index (χ0n) is 12.4. The van der Waals surface area contributed by atoms with Crippen LogP contribution in [0.15, 0.2) is 41.7 Å². The second-order valence-electron chi connectivity index (χ2n) is 4.85. The molecule has 0 amide bonds. The topological polar surface area (TPSA) is 49.6 Å². The molecule has 0 unspecified atom stereocenters. The molecular weight excluding hydrogens is 252 g/mol. The van der Waals surface area contributed by atoms with Gasteiger partial charge < -0.3 is 9.80 Å². The molecule has 2 aromatic rings. The van der Waals surface area contributed by atoms with Crippen molar-refractivity contribution < 1.29 is 0 Å². The second-order valence-corrected chi connectivity index (χ2v) is 4.85. The van der Waals surface area contributed by atoms with Crippen LogP contribution >= 0.6 is 0 Å². The van der Waals surface area contributed by atoms with Crippen LogP contribution in [0.4, 0.5) is 0 Å². The van der Waals surface area contributed by atoms with Gasteiger partial charge in [-0.3, -0.25) is 0 Å². The Morgan fingerprint density at radius 3 is 2.35 bits per heavy atom. The number of hydrogen-bond acceptors (Lipinski definition) is 3. The van der Waals surface area contributed by atoms with Crippen LogP contribution in [0.1, 0.15) is 5.82 Å². The molecule has 1 aromatic carbocycles. The summed E-state index contributed by atoms with van der Waals surface area (Å²) in [5.41, 5.74) is 0.996. The summed E-state index contributed by atoms with van der Waals surface area (Å²) in [6.45, 7) is 0.464. The van der Waals surface area contributed by atoms with Gasteiger partial charge in [-0.1, -0.05) is 18.2 Å². The highest BCUT2D eigenvalue weighted by Gasteiger charge is 2.06. The first-order valence-corrected chi connectivity index (χ1v) is 6.43. The first-order chi connectivity index (χ1) is 9.58. The molecule has 106 valence electrons. The molecule has 2 rings (SSSR count). The lowest BCUT2D eigenvalue weighted by molar-refractivity contribution is 0.478. The van der Waals surface area contributed by atoms with Crippen LogP contribution < -0.4 is 0 Å². The maximum Gasteiger partial charge on any atom is 0.195 e. The molecule has 0 fully saturated rings. The minimum Gasteiger partial charge on any atom is -0.349 e. The summed E-state index contributed by atoms with van der Waals surface area (Å²) in [6.07, 6.45) is 1.71. The Labute approximate surface area is 119 Å². The molecule has 0 saturated carbocycles. The summed E-state index contributed by atoms with van der Waals surface area (Å²) in [5.74, 6) is 1.59. The predicted molar refractivity (Wildman–Crippen MR) is 79.9 cm³/mol. The zero-order chi connectivity index (χ0) is 14.5. The van der Waals surface area contributed by atoms with Gasteiger partial charge >= 0.3 is 0 Å². The van der Waals surface area contributed by atoms with E-state index in [1.165, 1.54) is 0 Å². The highest BCUT2D eigenvalue weighted by molar-refractivity contribution is 5.79. The van der Waals surface area contributed by atoms with Gasteiger partial charge in [0.25, 0.3) is 0 Å². The Kier molecular flexibility index (Phi) is 4.34. The van der Waals surface area contributed by atoms with Crippen molar-refractivity contribution >= 4 is 5.96 Å². The highest BCUT2D eigenvalue weighted by atomic mass is 15.4. The molecule has 20 heavy (non-hydrogen) atoms. The van der Waals surface area contributed by atoms with Crippen LogP contribution in [-0.4, -0.2) is 58.7 Å². The molecule has 0 spiro atoms. The molecule has 6 nitrogen and oxygen atoms in total. The summed E-state index contributed by atoms with van der Waals surface area (Å²) in [7, 11) is 7.87. The SMILES string of the molecule is CN(C)C(=NCc1ncn(-c2ccccc2)n1)N(C)C. The number of guanidine groups is 1. The van der Waals surface area contributed by atoms with Gasteiger partial charge in [-0.25, -0.2) is 14.7 Å². The summed E-state index contributed by atoms with van der Waals surface area (Å²) < 4.78 is 1.76. The summed E-state index contributed by atoms with van der Waals surface area (Å²) >= 11 is 0. The standard InChI is InChI=1S/C14H20N6/c1-18(2)14(19(3)4)15-10-13-16-11-20(17-13)12-8-6-5-7-9-12/h5-9,11H,10H2,1-4H3. The van der Waals surface area contributed by atoms with E-state index >= 15 is 0 Å². The third-order valence-electron chi connectivity index (χ3n) is 2.72. The van der Waals surface area contributed by atoms with E-state index in [4.69, 9.17) is 0 Å². The zero-order valence-corrected chi connectivity index (χ0v) is 12.4. The number of nitrogens with zero attached hydrogens (tertiary/aromatic N) is 6. The minimum absolute atomic E-state index is 0.464. The van der Waals surface area contributed by atoms with E-state index in [9.17, 15) is 0 Å². The molecule has 6 heteroatoms. The molecule has 0 N–H and O–H groups in total. The number of aliphatic imine (C=N–C) groups is 1. The van der Waals surface area contributed by atoms with Crippen molar-refractivity contribution in [1.82, 2.24) is 24.6 Å². The fraction of sp³-hybridized carbons (Fsp3) is 0.357. The second kappa shape index (κ2) is 6.18. The van der Waals surface area contributed by atoms with Gasteiger partial charge in [0.2, 0.25) is 0 Å². The molecular formula is C14H20N6. The monoisotopic (exact) mass is 272 g/mol. The first-order valence-electron chi connectivity index (χ1n) is 6.43. The van der Waals surface area contributed by atoms with E-state index in [1.54, 1.807) is 11.0 Å². The van der Waals surface area contributed by atoms with Gasteiger partial charge in [0, 0.05) is 28.2 Å². The lowest BCUT2D eigenvalue weighted by atomic mass is 10.3. The van der Waals surface area contributed by atoms with E-state index in [2.05, 4.69) is 15.1 Å². The Bertz CT molecular complexity index is 560. The first kappa shape index (κ1) is 14.0. The van der Waals surface area contributed by atoms with Crippen LogP contribution in [0.5, 0.6) is 0 Å². The van der Waals surface area contributed by atoms with E-state index in [1.807, 2.05) is 68.3 Å². The average molecular weight is 272 g/mol. The fourth-order valence-electron chi connectivity index (χ4n) is 1.90. The average Bonchev–Trinajstić information content (AvgIpc) is 2.88. The van der Waals surface area contributed by atoms with Crippen LogP contribution in [-0.2, 0) is 6.54 Å². The maximum atomic E-state index is 4.53. The highest BCUT2D eigenvalue weighted by Crippen LogP contribution is 2.05. The summed E-state index contributed by atoms with van der Waals surface area (Å²) in [5, 5.41) is 4.43. The number of benzene rings is 1. The summed E-state index contributed by atoms with van der Waals surface area (Å²) in [6, 6.07) is 9.92. The van der Waals surface area contributed by atoms with E-state index in [0.29, 0.717) is 12.4 Å². The summed E-state index contributed by atoms with van der Waals surface area (Å²) in [4.78, 5) is 12.8. The molecule has 0 aliphatic rings. The van der Waals surface area contributed by atoms with Crippen molar-refractivity contribution in [2.75, 3.05) is 28.2 Å². The minimum atomic E-state index is 0.464. The molecule has 0 bridgehead atoms. The number of aromatic nitrogens is 3. The fourth-order valence-corrected chi connectivity index (χ4v) is 1.90. The number of hydrogen-bond donors (Lipinski definition) is 0. The Hall–Kier alpha value is -2.37. The molecule has 1 heterocycles. The molecule has 0 atom stereocenters. The van der Waals surface area contributed by atoms with Gasteiger partial charge in [0.05, 0.1) is 5.69 Å². The van der Waals surface area contributed by atoms with Crippen LogP contribution in [0.2, 0.25) is 0 Å². The van der Waals surface area contributed by atoms with Gasteiger partial charge in [-0.2, -0.15) is 0 Å². The number of para-hydroxylation sites is 1. The lowest BCUT2D eigenvalue weighted by Crippen LogP contribution is -2.35. The normalized spacial score (nSPS) is 10.2. The molecule has 0 aliphatic carbocycles. The molecule has 0 radical (unpaired) electrons. The lowest BCUT2D eigenvalue weighted by Gasteiger charge is -2.22. The van der Waals surface area contributed by atoms with Gasteiger partial charge in [0.1, 0.15) is 12.9 Å². The quantitative estimate of drug-likeness (QED) is 0.623. The Morgan fingerprint density at radius 2 is 1.75 bits per heavy atom. The van der Waals surface area contributed by atoms with Crippen molar-refractivity contribution in [3.63, 3.8) is 0 Å². The molecule has 1 aromatic heterocycles. The van der Waals surface area contributed by atoms with E-state index in [-0.39, 0.29) is 0 Å². The van der Waals surface area contributed by atoms with Crippen molar-refractivity contribution in [3.8, 4) is 5.69 Å². The van der Waals surface area contributed by atoms with E-state index < -0.39 is 0 Å². The Morgan fingerprint density at radius 1 is 1.10 bits per heavy atom. The molecule has 0 saturated heterocycles. The van der Waals surface area contributed by atoms with E-state index in [0.717, 1.165) is 11.6 Å². The van der Waals surface area contributed by atoms with Crippen molar-refractivity contribution in [2.45, 2.75) is 6.54 Å². The predicted octanol–water partition coefficient (Wildman–Crippen LogP) is 1.25. The Balaban J connectivity index is 2.12.